The number of rotatable bonds is 7. The van der Waals surface area contributed by atoms with Crippen LogP contribution in [-0.4, -0.2) is 19.0 Å². The van der Waals surface area contributed by atoms with Crippen LogP contribution < -0.4 is 10.1 Å². The van der Waals surface area contributed by atoms with Crippen molar-refractivity contribution in [1.29, 1.82) is 5.26 Å². The van der Waals surface area contributed by atoms with E-state index < -0.39 is 11.9 Å². The molecule has 0 aromatic heterocycles. The molecule has 0 saturated heterocycles. The highest BCUT2D eigenvalue weighted by Crippen LogP contribution is 2.35. The van der Waals surface area contributed by atoms with Gasteiger partial charge >= 0.3 is 5.97 Å². The van der Waals surface area contributed by atoms with E-state index in [4.69, 9.17) is 27.9 Å². The Morgan fingerprint density at radius 3 is 2.35 bits per heavy atom. The number of methoxy groups -OCH3 is 1. The van der Waals surface area contributed by atoms with E-state index in [1.54, 1.807) is 12.1 Å². The predicted octanol–water partition coefficient (Wildman–Crippen LogP) is 6.04. The first-order valence-electron chi connectivity index (χ1n) is 9.78. The van der Waals surface area contributed by atoms with Crippen LogP contribution in [0.25, 0.3) is 6.08 Å². The van der Waals surface area contributed by atoms with E-state index in [0.29, 0.717) is 22.4 Å². The molecule has 1 N–H and O–H groups in total. The third kappa shape index (κ3) is 6.35. The van der Waals surface area contributed by atoms with Gasteiger partial charge in [-0.25, -0.2) is 9.18 Å². The van der Waals surface area contributed by atoms with Crippen molar-refractivity contribution in [2.24, 2.45) is 0 Å². The topological polar surface area (TPSA) is 88.4 Å². The molecule has 172 valence electrons. The van der Waals surface area contributed by atoms with E-state index in [-0.39, 0.29) is 33.8 Å². The molecule has 0 aliphatic rings. The first kappa shape index (κ1) is 24.8. The summed E-state index contributed by atoms with van der Waals surface area (Å²) < 4.78 is 23.6. The third-order valence-corrected chi connectivity index (χ3v) is 5.09. The van der Waals surface area contributed by atoms with Gasteiger partial charge in [-0.1, -0.05) is 35.3 Å². The highest BCUT2D eigenvalue weighted by atomic mass is 35.5. The van der Waals surface area contributed by atoms with E-state index >= 15 is 0 Å². The molecule has 0 aliphatic heterocycles. The molecule has 0 aliphatic carbocycles. The number of nitrogens with one attached hydrogen (secondary N) is 1. The molecule has 0 heterocycles. The fourth-order valence-corrected chi connectivity index (χ4v) is 3.52. The van der Waals surface area contributed by atoms with Gasteiger partial charge in [0.1, 0.15) is 24.1 Å². The van der Waals surface area contributed by atoms with Gasteiger partial charge in [0.15, 0.2) is 5.75 Å². The number of carbonyl (C=O) groups is 2. The van der Waals surface area contributed by atoms with E-state index in [2.05, 4.69) is 10.1 Å². The summed E-state index contributed by atoms with van der Waals surface area (Å²) in [6, 6.07) is 16.7. The summed E-state index contributed by atoms with van der Waals surface area (Å²) >= 11 is 12.6. The first-order valence-corrected chi connectivity index (χ1v) is 10.5. The summed E-state index contributed by atoms with van der Waals surface area (Å²) in [5.74, 6) is -1.36. The average molecular weight is 499 g/mol. The van der Waals surface area contributed by atoms with Crippen LogP contribution in [0.4, 0.5) is 10.1 Å². The maximum atomic E-state index is 13.3. The lowest BCUT2D eigenvalue weighted by Gasteiger charge is -2.11. The monoisotopic (exact) mass is 498 g/mol. The van der Waals surface area contributed by atoms with Crippen molar-refractivity contribution in [3.05, 3.63) is 98.8 Å². The highest BCUT2D eigenvalue weighted by molar-refractivity contribution is 6.37. The standard InChI is InChI=1S/C25H17Cl2FN2O4/c1-33-25(32)17-5-7-20(8-6-17)30-24(31)18(13-29)9-16-11-21(26)23(22(27)12-16)34-14-15-3-2-4-19(28)10-15/h2-12H,14H2,1H3,(H,30,31)/b18-9+. The molecule has 0 fully saturated rings. The maximum Gasteiger partial charge on any atom is 0.337 e. The Balaban J connectivity index is 1.74. The van der Waals surface area contributed by atoms with Crippen molar-refractivity contribution in [1.82, 2.24) is 0 Å². The molecule has 0 unspecified atom stereocenters. The molecule has 0 radical (unpaired) electrons. The number of anilines is 1. The van der Waals surface area contributed by atoms with Crippen LogP contribution in [-0.2, 0) is 16.1 Å². The fourth-order valence-electron chi connectivity index (χ4n) is 2.90. The first-order chi connectivity index (χ1) is 16.3. The van der Waals surface area contributed by atoms with Gasteiger partial charge in [-0.3, -0.25) is 4.79 Å². The van der Waals surface area contributed by atoms with Crippen molar-refractivity contribution < 1.29 is 23.5 Å². The van der Waals surface area contributed by atoms with Crippen molar-refractivity contribution in [3.8, 4) is 11.8 Å². The van der Waals surface area contributed by atoms with Gasteiger partial charge in [0.25, 0.3) is 5.91 Å². The molecule has 34 heavy (non-hydrogen) atoms. The van der Waals surface area contributed by atoms with Crippen LogP contribution in [0.2, 0.25) is 10.0 Å². The van der Waals surface area contributed by atoms with Crippen molar-refractivity contribution >= 4 is 46.8 Å². The lowest BCUT2D eigenvalue weighted by Crippen LogP contribution is -2.13. The molecule has 3 aromatic carbocycles. The zero-order valence-corrected chi connectivity index (χ0v) is 19.3. The van der Waals surface area contributed by atoms with Crippen LogP contribution in [0.3, 0.4) is 0 Å². The predicted molar refractivity (Wildman–Crippen MR) is 127 cm³/mol. The summed E-state index contributed by atoms with van der Waals surface area (Å²) in [6.07, 6.45) is 1.33. The SMILES string of the molecule is COC(=O)c1ccc(NC(=O)/C(C#N)=C/c2cc(Cl)c(OCc3cccc(F)c3)c(Cl)c2)cc1. The molecular formula is C25H17Cl2FN2O4. The number of benzene rings is 3. The zero-order chi connectivity index (χ0) is 24.7. The second-order valence-electron chi connectivity index (χ2n) is 6.93. The minimum absolute atomic E-state index is 0.0486. The van der Waals surface area contributed by atoms with Crippen LogP contribution in [0.1, 0.15) is 21.5 Å². The van der Waals surface area contributed by atoms with E-state index in [1.165, 1.54) is 61.7 Å². The van der Waals surface area contributed by atoms with Crippen molar-refractivity contribution in [2.45, 2.75) is 6.61 Å². The number of nitriles is 1. The lowest BCUT2D eigenvalue weighted by molar-refractivity contribution is -0.112. The minimum atomic E-state index is -0.660. The molecule has 3 rings (SSSR count). The van der Waals surface area contributed by atoms with Crippen LogP contribution in [0.15, 0.2) is 66.2 Å². The van der Waals surface area contributed by atoms with E-state index in [0.717, 1.165) is 0 Å². The minimum Gasteiger partial charge on any atom is -0.486 e. The zero-order valence-electron chi connectivity index (χ0n) is 17.8. The molecule has 1 amide bonds. The summed E-state index contributed by atoms with van der Waals surface area (Å²) in [6.45, 7) is 0.0486. The molecule has 3 aromatic rings. The number of esters is 1. The smallest absolute Gasteiger partial charge is 0.337 e. The molecular weight excluding hydrogens is 482 g/mol. The van der Waals surface area contributed by atoms with Crippen LogP contribution in [0, 0.1) is 17.1 Å². The number of amides is 1. The summed E-state index contributed by atoms with van der Waals surface area (Å²) in [4.78, 5) is 24.0. The lowest BCUT2D eigenvalue weighted by atomic mass is 10.1. The van der Waals surface area contributed by atoms with Crippen LogP contribution in [0.5, 0.6) is 5.75 Å². The van der Waals surface area contributed by atoms with E-state index in [9.17, 15) is 19.2 Å². The van der Waals surface area contributed by atoms with Gasteiger partial charge in [-0.05, 0) is 65.7 Å². The van der Waals surface area contributed by atoms with Gasteiger partial charge in [0.05, 0.1) is 22.7 Å². The van der Waals surface area contributed by atoms with E-state index in [1.807, 2.05) is 6.07 Å². The number of hydrogen-bond acceptors (Lipinski definition) is 5. The van der Waals surface area contributed by atoms with Crippen molar-refractivity contribution in [2.75, 3.05) is 12.4 Å². The second-order valence-corrected chi connectivity index (χ2v) is 7.74. The summed E-state index contributed by atoms with van der Waals surface area (Å²) in [7, 11) is 1.27. The largest absolute Gasteiger partial charge is 0.486 e. The van der Waals surface area contributed by atoms with Gasteiger partial charge in [-0.15, -0.1) is 0 Å². The Morgan fingerprint density at radius 1 is 1.09 bits per heavy atom. The normalized spacial score (nSPS) is 10.9. The Morgan fingerprint density at radius 2 is 1.76 bits per heavy atom. The Labute approximate surface area is 205 Å². The number of ether oxygens (including phenoxy) is 2. The number of hydrogen-bond donors (Lipinski definition) is 1. The summed E-state index contributed by atoms with van der Waals surface area (Å²) in [5, 5.41) is 12.3. The van der Waals surface area contributed by atoms with Gasteiger partial charge in [0.2, 0.25) is 0 Å². The number of carbonyl (C=O) groups excluding carboxylic acids is 2. The molecule has 6 nitrogen and oxygen atoms in total. The quantitative estimate of drug-likeness (QED) is 0.243. The Bertz CT molecular complexity index is 1280. The molecule has 0 bridgehead atoms. The highest BCUT2D eigenvalue weighted by Gasteiger charge is 2.14. The molecule has 9 heteroatoms. The second kappa shape index (κ2) is 11.3. The number of halogens is 3. The Kier molecular flexibility index (Phi) is 8.25. The Hall–Kier alpha value is -3.86. The average Bonchev–Trinajstić information content (AvgIpc) is 2.82. The number of nitrogens with zero attached hydrogens (tertiary/aromatic N) is 1. The maximum absolute atomic E-state index is 13.3. The summed E-state index contributed by atoms with van der Waals surface area (Å²) in [5.41, 5.74) is 1.51. The molecule has 0 atom stereocenters. The molecule has 0 saturated carbocycles. The van der Waals surface area contributed by atoms with Gasteiger partial charge < -0.3 is 14.8 Å². The fraction of sp³-hybridized carbons (Fsp3) is 0.0800. The van der Waals surface area contributed by atoms with Gasteiger partial charge in [-0.2, -0.15) is 5.26 Å². The molecule has 0 spiro atoms. The van der Waals surface area contributed by atoms with Crippen LogP contribution >= 0.6 is 23.2 Å². The van der Waals surface area contributed by atoms with Crippen molar-refractivity contribution in [3.63, 3.8) is 0 Å². The van der Waals surface area contributed by atoms with Gasteiger partial charge in [0, 0.05) is 5.69 Å². The third-order valence-electron chi connectivity index (χ3n) is 4.53.